The molecule has 4 rings (SSSR count). The number of amides is 1. The van der Waals surface area contributed by atoms with Crippen molar-refractivity contribution in [3.8, 4) is 11.5 Å². The van der Waals surface area contributed by atoms with Gasteiger partial charge in [0.25, 0.3) is 5.91 Å². The highest BCUT2D eigenvalue weighted by molar-refractivity contribution is 7.89. The first kappa shape index (κ1) is 31.9. The van der Waals surface area contributed by atoms with E-state index >= 15 is 0 Å². The lowest BCUT2D eigenvalue weighted by atomic mass is 10.1. The van der Waals surface area contributed by atoms with Gasteiger partial charge in [0.1, 0.15) is 10.6 Å². The van der Waals surface area contributed by atoms with Gasteiger partial charge in [0.2, 0.25) is 10.0 Å². The number of para-hydroxylation sites is 1. The predicted octanol–water partition coefficient (Wildman–Crippen LogP) is 4.96. The van der Waals surface area contributed by atoms with Gasteiger partial charge in [-0.15, -0.1) is 0 Å². The van der Waals surface area contributed by atoms with Crippen LogP contribution in [0.25, 0.3) is 0 Å². The highest BCUT2D eigenvalue weighted by Gasteiger charge is 2.43. The van der Waals surface area contributed by atoms with Crippen molar-refractivity contribution in [1.82, 2.24) is 9.29 Å². The first-order valence-electron chi connectivity index (χ1n) is 13.4. The van der Waals surface area contributed by atoms with Gasteiger partial charge in [0, 0.05) is 31.2 Å². The molecule has 0 radical (unpaired) electrons. The molecule has 3 aromatic rings. The Morgan fingerprint density at radius 1 is 1.09 bits per heavy atom. The average Bonchev–Trinajstić information content (AvgIpc) is 2.97. The molecule has 1 unspecified atom stereocenters. The van der Waals surface area contributed by atoms with Crippen molar-refractivity contribution in [2.75, 3.05) is 18.4 Å². The number of esters is 1. The summed E-state index contributed by atoms with van der Waals surface area (Å²) < 4.78 is 84.3. The number of anilines is 1. The summed E-state index contributed by atoms with van der Waals surface area (Å²) in [7, 11) is -4.55. The van der Waals surface area contributed by atoms with Crippen molar-refractivity contribution in [1.29, 1.82) is 0 Å². The van der Waals surface area contributed by atoms with E-state index in [4.69, 9.17) is 9.47 Å². The van der Waals surface area contributed by atoms with Gasteiger partial charge in [0.05, 0.1) is 24.4 Å². The Hall–Kier alpha value is -4.01. The zero-order chi connectivity index (χ0) is 31.2. The number of halogens is 3. The number of rotatable bonds is 10. The smallest absolute Gasteiger partial charge is 0.491 e. The minimum absolute atomic E-state index is 0.0446. The highest BCUT2D eigenvalue weighted by Crippen LogP contribution is 2.34. The molecule has 1 aliphatic rings. The second-order valence-corrected chi connectivity index (χ2v) is 11.9. The molecule has 2 heterocycles. The van der Waals surface area contributed by atoms with Crippen molar-refractivity contribution in [3.05, 3.63) is 78.1 Å². The number of benzene rings is 2. The molecule has 1 aromatic heterocycles. The Bertz CT molecular complexity index is 1530. The molecule has 1 N–H and O–H groups in total. The van der Waals surface area contributed by atoms with Crippen LogP contribution >= 0.6 is 0 Å². The van der Waals surface area contributed by atoms with Gasteiger partial charge >= 0.3 is 12.1 Å². The van der Waals surface area contributed by atoms with Crippen LogP contribution in [0.3, 0.4) is 0 Å². The topological polar surface area (TPSA) is 124 Å². The van der Waals surface area contributed by atoms with Crippen LogP contribution in [0, 0.1) is 0 Å². The monoisotopic (exact) mass is 621 g/mol. The molecule has 0 saturated carbocycles. The standard InChI is InChI=1S/C29H30F3N3O7S/c1-19(2)41-22-12-10-21(11-13-22)34-27(36)24-8-3-9-25(26(24)42-28(37)29(30,31)32)43(38,39)35-15-5-7-23(17-35)40-18-20-6-4-14-33-16-20/h3-4,6,8-14,16,19,23H,5,7,15,17-18H2,1-2H3,(H,34,36). The lowest BCUT2D eigenvalue weighted by molar-refractivity contribution is -0.189. The van der Waals surface area contributed by atoms with E-state index in [0.717, 1.165) is 22.0 Å². The molecule has 1 atom stereocenters. The number of pyridine rings is 1. The molecule has 0 bridgehead atoms. The Morgan fingerprint density at radius 3 is 2.49 bits per heavy atom. The fourth-order valence-electron chi connectivity index (χ4n) is 4.34. The summed E-state index contributed by atoms with van der Waals surface area (Å²) in [5, 5.41) is 2.49. The SMILES string of the molecule is CC(C)Oc1ccc(NC(=O)c2cccc(S(=O)(=O)N3CCCC(OCc4cccnc4)C3)c2OC(=O)C(F)(F)F)cc1. The van der Waals surface area contributed by atoms with Gasteiger partial charge in [-0.05, 0) is 74.7 Å². The molecule has 10 nitrogen and oxygen atoms in total. The van der Waals surface area contributed by atoms with E-state index in [1.807, 2.05) is 13.8 Å². The minimum atomic E-state index is -5.45. The minimum Gasteiger partial charge on any atom is -0.491 e. The van der Waals surface area contributed by atoms with E-state index in [-0.39, 0.29) is 31.5 Å². The lowest BCUT2D eigenvalue weighted by Gasteiger charge is -2.32. The summed E-state index contributed by atoms with van der Waals surface area (Å²) in [6.45, 7) is 3.79. The number of piperidine rings is 1. The number of hydrogen-bond acceptors (Lipinski definition) is 8. The van der Waals surface area contributed by atoms with E-state index in [0.29, 0.717) is 18.6 Å². The van der Waals surface area contributed by atoms with Gasteiger partial charge in [-0.2, -0.15) is 17.5 Å². The normalized spacial score (nSPS) is 16.1. The van der Waals surface area contributed by atoms with Crippen molar-refractivity contribution in [2.45, 2.75) is 56.6 Å². The van der Waals surface area contributed by atoms with Gasteiger partial charge in [-0.3, -0.25) is 9.78 Å². The number of alkyl halides is 3. The van der Waals surface area contributed by atoms with Crippen LogP contribution < -0.4 is 14.8 Å². The zero-order valence-corrected chi connectivity index (χ0v) is 24.2. The summed E-state index contributed by atoms with van der Waals surface area (Å²) in [6.07, 6.45) is -1.89. The number of hydrogen-bond donors (Lipinski definition) is 1. The molecule has 1 amide bonds. The van der Waals surface area contributed by atoms with Crippen molar-refractivity contribution in [3.63, 3.8) is 0 Å². The number of carbonyl (C=O) groups is 2. The molecule has 0 aliphatic carbocycles. The average molecular weight is 622 g/mol. The fraction of sp³-hybridized carbons (Fsp3) is 0.345. The van der Waals surface area contributed by atoms with Gasteiger partial charge in [-0.25, -0.2) is 13.2 Å². The highest BCUT2D eigenvalue weighted by atomic mass is 32.2. The molecule has 14 heteroatoms. The molecule has 0 spiro atoms. The number of sulfonamides is 1. The maximum absolute atomic E-state index is 13.8. The van der Waals surface area contributed by atoms with Crippen LogP contribution in [0.2, 0.25) is 0 Å². The Morgan fingerprint density at radius 2 is 1.84 bits per heavy atom. The van der Waals surface area contributed by atoms with Crippen LogP contribution in [-0.4, -0.2) is 61.1 Å². The van der Waals surface area contributed by atoms with Crippen LogP contribution in [0.5, 0.6) is 11.5 Å². The molecule has 2 aromatic carbocycles. The van der Waals surface area contributed by atoms with Gasteiger partial charge in [-0.1, -0.05) is 12.1 Å². The zero-order valence-electron chi connectivity index (χ0n) is 23.3. The summed E-state index contributed by atoms with van der Waals surface area (Å²) in [5.41, 5.74) is 0.444. The van der Waals surface area contributed by atoms with E-state index in [1.165, 1.54) is 18.2 Å². The third-order valence-corrected chi connectivity index (χ3v) is 8.19. The number of nitrogens with zero attached hydrogens (tertiary/aromatic N) is 2. The van der Waals surface area contributed by atoms with Crippen LogP contribution in [0.4, 0.5) is 18.9 Å². The van der Waals surface area contributed by atoms with E-state index in [9.17, 15) is 31.2 Å². The maximum atomic E-state index is 13.8. The third kappa shape index (κ3) is 8.30. The third-order valence-electron chi connectivity index (χ3n) is 6.30. The summed E-state index contributed by atoms with van der Waals surface area (Å²) in [5.74, 6) is -4.17. The van der Waals surface area contributed by atoms with Crippen molar-refractivity contribution >= 4 is 27.6 Å². The molecule has 43 heavy (non-hydrogen) atoms. The predicted molar refractivity (Wildman–Crippen MR) is 149 cm³/mol. The van der Waals surface area contributed by atoms with Crippen molar-refractivity contribution in [2.24, 2.45) is 0 Å². The first-order chi connectivity index (χ1) is 20.3. The largest absolute Gasteiger partial charge is 0.491 e. The van der Waals surface area contributed by atoms with E-state index < -0.39 is 50.4 Å². The molecule has 1 saturated heterocycles. The molecular formula is C29H30F3N3O7S. The van der Waals surface area contributed by atoms with Crippen LogP contribution in [0.15, 0.2) is 71.9 Å². The summed E-state index contributed by atoms with van der Waals surface area (Å²) in [4.78, 5) is 28.4. The number of ether oxygens (including phenoxy) is 3. The van der Waals surface area contributed by atoms with Crippen molar-refractivity contribution < 1.29 is 45.4 Å². The molecule has 230 valence electrons. The van der Waals surface area contributed by atoms with E-state index in [1.54, 1.807) is 36.7 Å². The van der Waals surface area contributed by atoms with Crippen LogP contribution in [-0.2, 0) is 26.2 Å². The van der Waals surface area contributed by atoms with Crippen LogP contribution in [0.1, 0.15) is 42.6 Å². The summed E-state index contributed by atoms with van der Waals surface area (Å²) in [6, 6.07) is 12.9. The van der Waals surface area contributed by atoms with Gasteiger partial charge in [0.15, 0.2) is 5.75 Å². The van der Waals surface area contributed by atoms with E-state index in [2.05, 4.69) is 15.0 Å². The summed E-state index contributed by atoms with van der Waals surface area (Å²) >= 11 is 0. The Balaban J connectivity index is 1.61. The Kier molecular flexibility index (Phi) is 10.0. The first-order valence-corrected chi connectivity index (χ1v) is 14.8. The second kappa shape index (κ2) is 13.5. The fourth-order valence-corrected chi connectivity index (χ4v) is 5.98. The molecule has 1 aliphatic heterocycles. The quantitative estimate of drug-likeness (QED) is 0.249. The Labute approximate surface area is 246 Å². The van der Waals surface area contributed by atoms with Gasteiger partial charge < -0.3 is 19.5 Å². The number of carbonyl (C=O) groups excluding carboxylic acids is 2. The lowest BCUT2D eigenvalue weighted by Crippen LogP contribution is -2.43. The number of aromatic nitrogens is 1. The molecule has 1 fully saturated rings. The maximum Gasteiger partial charge on any atom is 0.491 e. The second-order valence-electron chi connectivity index (χ2n) is 9.96. The molecular weight excluding hydrogens is 591 g/mol. The number of nitrogens with one attached hydrogen (secondary N) is 1.